The standard InChI is InChI=1S/C9H14N4O4/c1-9(17,2-8(15)16)4-11-7(14)3-13-6-10-5-12-13/h5-6,17H,2-4H2,1H3,(H,11,14)(H,15,16). The molecule has 94 valence electrons. The molecule has 1 aromatic rings. The first-order chi connectivity index (χ1) is 7.89. The van der Waals surface area contributed by atoms with Crippen molar-refractivity contribution in [3.05, 3.63) is 12.7 Å². The third-order valence-electron chi connectivity index (χ3n) is 1.97. The van der Waals surface area contributed by atoms with Crippen molar-refractivity contribution in [2.45, 2.75) is 25.5 Å². The van der Waals surface area contributed by atoms with Crippen molar-refractivity contribution in [1.29, 1.82) is 0 Å². The molecule has 0 bridgehead atoms. The molecular formula is C9H14N4O4. The van der Waals surface area contributed by atoms with Crippen molar-refractivity contribution in [1.82, 2.24) is 20.1 Å². The van der Waals surface area contributed by atoms with Crippen LogP contribution in [0.15, 0.2) is 12.7 Å². The van der Waals surface area contributed by atoms with Crippen molar-refractivity contribution in [2.24, 2.45) is 0 Å². The van der Waals surface area contributed by atoms with Crippen LogP contribution in [0.5, 0.6) is 0 Å². The maximum Gasteiger partial charge on any atom is 0.306 e. The van der Waals surface area contributed by atoms with E-state index in [1.54, 1.807) is 0 Å². The van der Waals surface area contributed by atoms with Gasteiger partial charge in [-0.3, -0.25) is 9.59 Å². The predicted octanol–water partition coefficient (Wildman–Crippen LogP) is -1.38. The van der Waals surface area contributed by atoms with Crippen LogP contribution in [0, 0.1) is 0 Å². The highest BCUT2D eigenvalue weighted by Crippen LogP contribution is 2.07. The fourth-order valence-electron chi connectivity index (χ4n) is 1.19. The summed E-state index contributed by atoms with van der Waals surface area (Å²) in [6, 6.07) is 0. The number of carboxylic acids is 1. The van der Waals surface area contributed by atoms with E-state index in [4.69, 9.17) is 5.11 Å². The summed E-state index contributed by atoms with van der Waals surface area (Å²) in [6.45, 7) is 1.19. The molecule has 1 heterocycles. The Morgan fingerprint density at radius 2 is 2.24 bits per heavy atom. The molecule has 1 atom stereocenters. The molecule has 0 saturated heterocycles. The van der Waals surface area contributed by atoms with Crippen molar-refractivity contribution in [2.75, 3.05) is 6.54 Å². The fraction of sp³-hybridized carbons (Fsp3) is 0.556. The van der Waals surface area contributed by atoms with Gasteiger partial charge in [-0.25, -0.2) is 9.67 Å². The molecular weight excluding hydrogens is 228 g/mol. The summed E-state index contributed by atoms with van der Waals surface area (Å²) in [6.07, 6.45) is 2.25. The predicted molar refractivity (Wildman–Crippen MR) is 55.9 cm³/mol. The molecule has 1 aromatic heterocycles. The van der Waals surface area contributed by atoms with Gasteiger partial charge in [-0.15, -0.1) is 0 Å². The van der Waals surface area contributed by atoms with Crippen molar-refractivity contribution < 1.29 is 19.8 Å². The molecule has 8 heteroatoms. The molecule has 0 fully saturated rings. The number of aliphatic hydroxyl groups is 1. The summed E-state index contributed by atoms with van der Waals surface area (Å²) < 4.78 is 1.32. The zero-order valence-electron chi connectivity index (χ0n) is 9.33. The summed E-state index contributed by atoms with van der Waals surface area (Å²) in [7, 11) is 0. The van der Waals surface area contributed by atoms with E-state index in [0.29, 0.717) is 0 Å². The molecule has 0 aliphatic heterocycles. The highest BCUT2D eigenvalue weighted by Gasteiger charge is 2.24. The molecule has 0 aliphatic rings. The van der Waals surface area contributed by atoms with E-state index in [2.05, 4.69) is 15.4 Å². The quantitative estimate of drug-likeness (QED) is 0.566. The number of carbonyl (C=O) groups excluding carboxylic acids is 1. The van der Waals surface area contributed by atoms with Gasteiger partial charge in [0.15, 0.2) is 0 Å². The SMILES string of the molecule is CC(O)(CNC(=O)Cn1cncn1)CC(=O)O. The number of aliphatic carboxylic acids is 1. The summed E-state index contributed by atoms with van der Waals surface area (Å²) in [5, 5.41) is 24.3. The van der Waals surface area contributed by atoms with Gasteiger partial charge < -0.3 is 15.5 Å². The first-order valence-electron chi connectivity index (χ1n) is 4.92. The van der Waals surface area contributed by atoms with Gasteiger partial charge in [-0.1, -0.05) is 0 Å². The monoisotopic (exact) mass is 242 g/mol. The number of hydrogen-bond donors (Lipinski definition) is 3. The Bertz CT molecular complexity index is 388. The molecule has 1 amide bonds. The van der Waals surface area contributed by atoms with E-state index in [-0.39, 0.29) is 19.0 Å². The minimum Gasteiger partial charge on any atom is -0.481 e. The normalized spacial score (nSPS) is 14.0. The largest absolute Gasteiger partial charge is 0.481 e. The van der Waals surface area contributed by atoms with Gasteiger partial charge >= 0.3 is 5.97 Å². The van der Waals surface area contributed by atoms with E-state index in [1.165, 1.54) is 24.3 Å². The molecule has 3 N–H and O–H groups in total. The second-order valence-corrected chi connectivity index (χ2v) is 3.94. The smallest absolute Gasteiger partial charge is 0.306 e. The first kappa shape index (κ1) is 13.1. The minimum atomic E-state index is -1.47. The highest BCUT2D eigenvalue weighted by atomic mass is 16.4. The topological polar surface area (TPSA) is 117 Å². The summed E-state index contributed by atoms with van der Waals surface area (Å²) in [5.41, 5.74) is -1.47. The number of rotatable bonds is 6. The average Bonchev–Trinajstić information content (AvgIpc) is 2.65. The number of carbonyl (C=O) groups is 2. The lowest BCUT2D eigenvalue weighted by atomic mass is 10.0. The molecule has 1 rings (SSSR count). The third-order valence-corrected chi connectivity index (χ3v) is 1.97. The van der Waals surface area contributed by atoms with Crippen LogP contribution < -0.4 is 5.32 Å². The Morgan fingerprint density at radius 1 is 1.53 bits per heavy atom. The molecule has 17 heavy (non-hydrogen) atoms. The first-order valence-corrected chi connectivity index (χ1v) is 4.92. The van der Waals surface area contributed by atoms with Gasteiger partial charge in [0.1, 0.15) is 19.2 Å². The highest BCUT2D eigenvalue weighted by molar-refractivity contribution is 5.75. The van der Waals surface area contributed by atoms with E-state index >= 15 is 0 Å². The molecule has 0 radical (unpaired) electrons. The molecule has 0 aromatic carbocycles. The number of nitrogens with zero attached hydrogens (tertiary/aromatic N) is 3. The molecule has 0 spiro atoms. The van der Waals surface area contributed by atoms with Crippen LogP contribution in [0.3, 0.4) is 0 Å². The van der Waals surface area contributed by atoms with Crippen LogP contribution in [0.25, 0.3) is 0 Å². The lowest BCUT2D eigenvalue weighted by Gasteiger charge is -2.21. The number of hydrogen-bond acceptors (Lipinski definition) is 5. The van der Waals surface area contributed by atoms with Crippen LogP contribution in [0.4, 0.5) is 0 Å². The van der Waals surface area contributed by atoms with Crippen LogP contribution in [0.2, 0.25) is 0 Å². The number of carboxylic acid groups (broad SMARTS) is 1. The van der Waals surface area contributed by atoms with E-state index in [9.17, 15) is 14.7 Å². The molecule has 0 saturated carbocycles. The van der Waals surface area contributed by atoms with Crippen molar-refractivity contribution >= 4 is 11.9 Å². The van der Waals surface area contributed by atoms with Crippen LogP contribution in [-0.2, 0) is 16.1 Å². The zero-order chi connectivity index (χ0) is 12.9. The van der Waals surface area contributed by atoms with Gasteiger partial charge in [0.2, 0.25) is 5.91 Å². The minimum absolute atomic E-state index is 0.0247. The lowest BCUT2D eigenvalue weighted by molar-refractivity contribution is -0.142. The molecule has 0 aliphatic carbocycles. The maximum atomic E-state index is 11.4. The number of aromatic nitrogens is 3. The number of nitrogens with one attached hydrogen (secondary N) is 1. The van der Waals surface area contributed by atoms with Crippen LogP contribution in [-0.4, -0.2) is 49.0 Å². The Balaban J connectivity index is 2.35. The number of amides is 1. The molecule has 1 unspecified atom stereocenters. The van der Waals surface area contributed by atoms with Gasteiger partial charge in [0.25, 0.3) is 0 Å². The maximum absolute atomic E-state index is 11.4. The van der Waals surface area contributed by atoms with Gasteiger partial charge in [-0.05, 0) is 6.92 Å². The fourth-order valence-corrected chi connectivity index (χ4v) is 1.19. The Morgan fingerprint density at radius 3 is 2.76 bits per heavy atom. The average molecular weight is 242 g/mol. The zero-order valence-corrected chi connectivity index (χ0v) is 9.33. The second-order valence-electron chi connectivity index (χ2n) is 3.94. The van der Waals surface area contributed by atoms with Crippen molar-refractivity contribution in [3.8, 4) is 0 Å². The van der Waals surface area contributed by atoms with Crippen LogP contribution in [0.1, 0.15) is 13.3 Å². The summed E-state index contributed by atoms with van der Waals surface area (Å²) in [4.78, 5) is 25.5. The molecule has 8 nitrogen and oxygen atoms in total. The van der Waals surface area contributed by atoms with Gasteiger partial charge in [-0.2, -0.15) is 5.10 Å². The second kappa shape index (κ2) is 5.39. The van der Waals surface area contributed by atoms with Crippen LogP contribution >= 0.6 is 0 Å². The Hall–Kier alpha value is -1.96. The summed E-state index contributed by atoms with van der Waals surface area (Å²) >= 11 is 0. The van der Waals surface area contributed by atoms with Gasteiger partial charge in [0, 0.05) is 6.54 Å². The third kappa shape index (κ3) is 5.07. The van der Waals surface area contributed by atoms with E-state index < -0.39 is 18.0 Å². The Kier molecular flexibility index (Phi) is 4.16. The van der Waals surface area contributed by atoms with E-state index in [1.807, 2.05) is 0 Å². The Labute approximate surface area is 97.3 Å². The summed E-state index contributed by atoms with van der Waals surface area (Å²) in [5.74, 6) is -1.50. The van der Waals surface area contributed by atoms with Gasteiger partial charge in [0.05, 0.1) is 12.0 Å². The lowest BCUT2D eigenvalue weighted by Crippen LogP contribution is -2.43. The van der Waals surface area contributed by atoms with Crippen molar-refractivity contribution in [3.63, 3.8) is 0 Å². The van der Waals surface area contributed by atoms with E-state index in [0.717, 1.165) is 0 Å².